The first-order valence-electron chi connectivity index (χ1n) is 8.54. The van der Waals surface area contributed by atoms with Gasteiger partial charge in [0.05, 0.1) is 12.5 Å². The minimum atomic E-state index is -0.234. The van der Waals surface area contributed by atoms with Crippen molar-refractivity contribution in [1.29, 1.82) is 0 Å². The van der Waals surface area contributed by atoms with Crippen LogP contribution in [0.25, 0.3) is 0 Å². The molecule has 3 rings (SSSR count). The summed E-state index contributed by atoms with van der Waals surface area (Å²) >= 11 is 5.91. The Morgan fingerprint density at radius 1 is 1.04 bits per heavy atom. The number of pyridine rings is 1. The van der Waals surface area contributed by atoms with E-state index in [1.165, 1.54) is 11.1 Å². The fraction of sp³-hybridized carbons (Fsp3) is 0.182. The zero-order chi connectivity index (χ0) is 18.5. The first kappa shape index (κ1) is 18.2. The van der Waals surface area contributed by atoms with Gasteiger partial charge in [-0.15, -0.1) is 0 Å². The van der Waals surface area contributed by atoms with Crippen molar-refractivity contribution in [1.82, 2.24) is 10.3 Å². The van der Waals surface area contributed by atoms with Gasteiger partial charge in [-0.05, 0) is 59.9 Å². The lowest BCUT2D eigenvalue weighted by Crippen LogP contribution is -2.30. The number of amides is 1. The maximum atomic E-state index is 12.6. The van der Waals surface area contributed by atoms with Gasteiger partial charge in [-0.25, -0.2) is 0 Å². The van der Waals surface area contributed by atoms with E-state index in [9.17, 15) is 4.79 Å². The van der Waals surface area contributed by atoms with E-state index < -0.39 is 0 Å². The molecule has 0 unspecified atom stereocenters. The van der Waals surface area contributed by atoms with E-state index in [4.69, 9.17) is 11.6 Å². The quantitative estimate of drug-likeness (QED) is 0.706. The second-order valence-corrected chi connectivity index (χ2v) is 6.87. The Labute approximate surface area is 159 Å². The number of hydrogen-bond donors (Lipinski definition) is 1. The fourth-order valence-electron chi connectivity index (χ4n) is 2.85. The molecule has 2 aromatic carbocycles. The number of aromatic nitrogens is 1. The van der Waals surface area contributed by atoms with E-state index in [0.29, 0.717) is 11.4 Å². The minimum Gasteiger partial charge on any atom is -0.345 e. The number of carbonyl (C=O) groups excluding carboxylic acids is 1. The molecule has 0 aliphatic rings. The smallest absolute Gasteiger partial charge is 0.225 e. The summed E-state index contributed by atoms with van der Waals surface area (Å²) in [6.07, 6.45) is 3.83. The average Bonchev–Trinajstić information content (AvgIpc) is 2.65. The van der Waals surface area contributed by atoms with Gasteiger partial charge >= 0.3 is 0 Å². The van der Waals surface area contributed by atoms with Crippen LogP contribution in [0.5, 0.6) is 0 Å². The van der Waals surface area contributed by atoms with Gasteiger partial charge in [-0.3, -0.25) is 9.78 Å². The monoisotopic (exact) mass is 364 g/mol. The molecule has 0 bridgehead atoms. The summed E-state index contributed by atoms with van der Waals surface area (Å²) in [7, 11) is 0. The van der Waals surface area contributed by atoms with E-state index in [0.717, 1.165) is 16.7 Å². The molecule has 1 N–H and O–H groups in total. The van der Waals surface area contributed by atoms with Crippen LogP contribution < -0.4 is 5.32 Å². The van der Waals surface area contributed by atoms with Crippen molar-refractivity contribution in [3.05, 3.63) is 99.8 Å². The Morgan fingerprint density at radius 2 is 1.81 bits per heavy atom. The van der Waals surface area contributed by atoms with Crippen LogP contribution >= 0.6 is 11.6 Å². The van der Waals surface area contributed by atoms with Crippen LogP contribution in [0.2, 0.25) is 5.02 Å². The predicted molar refractivity (Wildman–Crippen MR) is 105 cm³/mol. The van der Waals surface area contributed by atoms with Gasteiger partial charge in [0, 0.05) is 17.4 Å². The maximum Gasteiger partial charge on any atom is 0.225 e. The summed E-state index contributed by atoms with van der Waals surface area (Å²) in [6.45, 7) is 4.16. The molecule has 132 valence electrons. The molecule has 0 saturated carbocycles. The van der Waals surface area contributed by atoms with E-state index in [-0.39, 0.29) is 11.9 Å². The molecule has 1 aromatic heterocycles. The van der Waals surface area contributed by atoms with Crippen LogP contribution in [0, 0.1) is 13.8 Å². The molecular formula is C22H21ClN2O. The van der Waals surface area contributed by atoms with Gasteiger partial charge in [0.1, 0.15) is 0 Å². The first-order valence-corrected chi connectivity index (χ1v) is 8.91. The van der Waals surface area contributed by atoms with Gasteiger partial charge in [-0.1, -0.05) is 48.0 Å². The lowest BCUT2D eigenvalue weighted by atomic mass is 9.96. The normalized spacial score (nSPS) is 11.8. The molecule has 1 atom stereocenters. The fourth-order valence-corrected chi connectivity index (χ4v) is 2.98. The molecule has 3 nitrogen and oxygen atoms in total. The number of rotatable bonds is 5. The Kier molecular flexibility index (Phi) is 5.69. The van der Waals surface area contributed by atoms with Crippen molar-refractivity contribution in [2.24, 2.45) is 0 Å². The molecule has 0 aliphatic carbocycles. The molecular weight excluding hydrogens is 344 g/mol. The third-order valence-corrected chi connectivity index (χ3v) is 4.72. The summed E-state index contributed by atoms with van der Waals surface area (Å²) in [4.78, 5) is 16.8. The van der Waals surface area contributed by atoms with Crippen LogP contribution in [0.15, 0.2) is 67.0 Å². The molecule has 26 heavy (non-hydrogen) atoms. The molecule has 3 aromatic rings. The minimum absolute atomic E-state index is 0.0422. The van der Waals surface area contributed by atoms with E-state index in [2.05, 4.69) is 42.3 Å². The van der Waals surface area contributed by atoms with Gasteiger partial charge in [-0.2, -0.15) is 0 Å². The number of nitrogens with one attached hydrogen (secondary N) is 1. The highest BCUT2D eigenvalue weighted by Gasteiger charge is 2.18. The number of hydrogen-bond acceptors (Lipinski definition) is 2. The van der Waals surface area contributed by atoms with Crippen LogP contribution in [-0.2, 0) is 11.2 Å². The Hall–Kier alpha value is -2.65. The summed E-state index contributed by atoms with van der Waals surface area (Å²) in [5.41, 5.74) is 5.36. The Balaban J connectivity index is 1.84. The number of benzene rings is 2. The van der Waals surface area contributed by atoms with E-state index in [1.54, 1.807) is 24.5 Å². The van der Waals surface area contributed by atoms with Gasteiger partial charge in [0.2, 0.25) is 5.91 Å². The van der Waals surface area contributed by atoms with Crippen LogP contribution in [0.4, 0.5) is 0 Å². The Bertz CT molecular complexity index is 892. The molecule has 1 heterocycles. The van der Waals surface area contributed by atoms with Crippen molar-refractivity contribution in [3.63, 3.8) is 0 Å². The molecule has 0 fully saturated rings. The van der Waals surface area contributed by atoms with Crippen molar-refractivity contribution in [3.8, 4) is 0 Å². The zero-order valence-corrected chi connectivity index (χ0v) is 15.6. The molecule has 0 saturated heterocycles. The molecule has 0 radical (unpaired) electrons. The van der Waals surface area contributed by atoms with Gasteiger partial charge < -0.3 is 5.32 Å². The average molecular weight is 365 g/mol. The second kappa shape index (κ2) is 8.15. The van der Waals surface area contributed by atoms with Crippen molar-refractivity contribution < 1.29 is 4.79 Å². The molecule has 0 aliphatic heterocycles. The van der Waals surface area contributed by atoms with Crippen molar-refractivity contribution in [2.75, 3.05) is 0 Å². The highest BCUT2D eigenvalue weighted by atomic mass is 35.5. The number of aryl methyl sites for hydroxylation is 2. The third-order valence-electron chi connectivity index (χ3n) is 4.47. The maximum absolute atomic E-state index is 12.6. The van der Waals surface area contributed by atoms with E-state index >= 15 is 0 Å². The Morgan fingerprint density at radius 3 is 2.46 bits per heavy atom. The second-order valence-electron chi connectivity index (χ2n) is 6.43. The first-order chi connectivity index (χ1) is 12.5. The van der Waals surface area contributed by atoms with E-state index in [1.807, 2.05) is 24.3 Å². The summed E-state index contributed by atoms with van der Waals surface area (Å²) in [5.74, 6) is -0.0422. The zero-order valence-electron chi connectivity index (χ0n) is 14.9. The third kappa shape index (κ3) is 4.50. The number of halogens is 1. The lowest BCUT2D eigenvalue weighted by Gasteiger charge is -2.20. The topological polar surface area (TPSA) is 42.0 Å². The largest absolute Gasteiger partial charge is 0.345 e. The van der Waals surface area contributed by atoms with Crippen molar-refractivity contribution >= 4 is 17.5 Å². The summed E-state index contributed by atoms with van der Waals surface area (Å²) < 4.78 is 0. The highest BCUT2D eigenvalue weighted by Crippen LogP contribution is 2.24. The summed E-state index contributed by atoms with van der Waals surface area (Å²) in [5, 5.41) is 3.81. The lowest BCUT2D eigenvalue weighted by molar-refractivity contribution is -0.120. The van der Waals surface area contributed by atoms with Crippen LogP contribution in [0.3, 0.4) is 0 Å². The van der Waals surface area contributed by atoms with Crippen LogP contribution in [0.1, 0.15) is 33.9 Å². The highest BCUT2D eigenvalue weighted by molar-refractivity contribution is 6.30. The van der Waals surface area contributed by atoms with Crippen LogP contribution in [-0.4, -0.2) is 10.9 Å². The molecule has 0 spiro atoms. The SMILES string of the molecule is Cc1ccc([C@@H](NC(=O)Cc2ccc(Cl)cc2)c2cccnc2)cc1C. The predicted octanol–water partition coefficient (Wildman–Crippen LogP) is 4.80. The summed E-state index contributed by atoms with van der Waals surface area (Å²) in [6, 6.07) is 17.2. The standard InChI is InChI=1S/C22H21ClN2O/c1-15-5-8-18(12-16(15)2)22(19-4-3-11-24-14-19)25-21(26)13-17-6-9-20(23)10-7-17/h3-12,14,22H,13H2,1-2H3,(H,25,26)/t22-/m1/s1. The van der Waals surface area contributed by atoms with Gasteiger partial charge in [0.15, 0.2) is 0 Å². The van der Waals surface area contributed by atoms with Crippen molar-refractivity contribution in [2.45, 2.75) is 26.3 Å². The molecule has 4 heteroatoms. The number of carbonyl (C=O) groups is 1. The van der Waals surface area contributed by atoms with Gasteiger partial charge in [0.25, 0.3) is 0 Å². The number of nitrogens with zero attached hydrogens (tertiary/aromatic N) is 1. The molecule has 1 amide bonds.